The van der Waals surface area contributed by atoms with Gasteiger partial charge in [0.05, 0.1) is 5.69 Å². The summed E-state index contributed by atoms with van der Waals surface area (Å²) in [5, 5.41) is 16.6. The van der Waals surface area contributed by atoms with Crippen LogP contribution >= 0.6 is 0 Å². The molecule has 0 saturated carbocycles. The second-order valence-electron chi connectivity index (χ2n) is 4.37. The molecule has 8 nitrogen and oxygen atoms in total. The van der Waals surface area contributed by atoms with Crippen molar-refractivity contribution in [3.05, 3.63) is 30.1 Å². The van der Waals surface area contributed by atoms with Crippen molar-refractivity contribution in [3.63, 3.8) is 0 Å². The predicted molar refractivity (Wildman–Crippen MR) is 73.5 cm³/mol. The van der Waals surface area contributed by atoms with E-state index in [1.54, 1.807) is 25.2 Å². The summed E-state index contributed by atoms with van der Waals surface area (Å²) in [6.07, 6.45) is 1.54. The zero-order valence-corrected chi connectivity index (χ0v) is 11.7. The number of aromatic nitrogens is 4. The van der Waals surface area contributed by atoms with Crippen molar-refractivity contribution in [2.75, 3.05) is 13.6 Å². The number of carbonyl (C=O) groups is 2. The van der Waals surface area contributed by atoms with Gasteiger partial charge in [0.15, 0.2) is 5.69 Å². The third kappa shape index (κ3) is 3.04. The van der Waals surface area contributed by atoms with Gasteiger partial charge in [0, 0.05) is 19.8 Å². The highest BCUT2D eigenvalue weighted by Crippen LogP contribution is 2.19. The molecule has 0 aliphatic carbocycles. The van der Waals surface area contributed by atoms with E-state index >= 15 is 0 Å². The quantitative estimate of drug-likeness (QED) is 0.861. The first-order valence-corrected chi connectivity index (χ1v) is 6.36. The molecule has 0 aromatic carbocycles. The molecule has 2 heterocycles. The number of carboxylic acid groups (broad SMARTS) is 1. The smallest absolute Gasteiger partial charge is 0.358 e. The number of carbonyl (C=O) groups excluding carboxylic acids is 1. The zero-order valence-electron chi connectivity index (χ0n) is 11.7. The van der Waals surface area contributed by atoms with Gasteiger partial charge in [0.2, 0.25) is 5.91 Å². The SMILES string of the molecule is CCN(C)C(=O)Cn1nnc(C(=O)O)c1-c1ccccn1. The molecule has 1 amide bonds. The van der Waals surface area contributed by atoms with Gasteiger partial charge < -0.3 is 10.0 Å². The Bertz CT molecular complexity index is 653. The molecule has 0 spiro atoms. The Kier molecular flexibility index (Phi) is 4.27. The number of nitrogens with zero attached hydrogens (tertiary/aromatic N) is 5. The Morgan fingerprint density at radius 3 is 2.71 bits per heavy atom. The van der Waals surface area contributed by atoms with Crippen molar-refractivity contribution in [2.45, 2.75) is 13.5 Å². The normalized spacial score (nSPS) is 10.4. The lowest BCUT2D eigenvalue weighted by molar-refractivity contribution is -0.130. The highest BCUT2D eigenvalue weighted by Gasteiger charge is 2.23. The molecule has 0 radical (unpaired) electrons. The van der Waals surface area contributed by atoms with Gasteiger partial charge in [0.25, 0.3) is 0 Å². The molecule has 0 atom stereocenters. The monoisotopic (exact) mass is 289 g/mol. The van der Waals surface area contributed by atoms with Gasteiger partial charge >= 0.3 is 5.97 Å². The van der Waals surface area contributed by atoms with Crippen molar-refractivity contribution in [1.82, 2.24) is 24.9 Å². The molecule has 2 aromatic rings. The molecule has 1 N–H and O–H groups in total. The van der Waals surface area contributed by atoms with Crippen LogP contribution in [0.1, 0.15) is 17.4 Å². The number of hydrogen-bond acceptors (Lipinski definition) is 5. The van der Waals surface area contributed by atoms with Gasteiger partial charge in [-0.1, -0.05) is 11.3 Å². The molecule has 2 aromatic heterocycles. The minimum absolute atomic E-state index is 0.0868. The summed E-state index contributed by atoms with van der Waals surface area (Å²) in [6.45, 7) is 2.32. The Morgan fingerprint density at radius 2 is 2.14 bits per heavy atom. The van der Waals surface area contributed by atoms with Crippen LogP contribution in [-0.4, -0.2) is 55.5 Å². The van der Waals surface area contributed by atoms with Crippen LogP contribution in [0.5, 0.6) is 0 Å². The molecule has 21 heavy (non-hydrogen) atoms. The van der Waals surface area contributed by atoms with E-state index in [9.17, 15) is 14.7 Å². The van der Waals surface area contributed by atoms with E-state index in [1.807, 2.05) is 6.92 Å². The largest absolute Gasteiger partial charge is 0.476 e. The lowest BCUT2D eigenvalue weighted by Gasteiger charge is -2.14. The van der Waals surface area contributed by atoms with Crippen molar-refractivity contribution in [1.29, 1.82) is 0 Å². The molecule has 2 rings (SSSR count). The summed E-state index contributed by atoms with van der Waals surface area (Å²) in [7, 11) is 1.66. The maximum Gasteiger partial charge on any atom is 0.358 e. The summed E-state index contributed by atoms with van der Waals surface area (Å²) < 4.78 is 1.26. The van der Waals surface area contributed by atoms with Crippen molar-refractivity contribution in [3.8, 4) is 11.4 Å². The highest BCUT2D eigenvalue weighted by molar-refractivity contribution is 5.92. The molecule has 8 heteroatoms. The molecule has 0 fully saturated rings. The number of rotatable bonds is 5. The van der Waals surface area contributed by atoms with Gasteiger partial charge in [-0.05, 0) is 19.1 Å². The van der Waals surface area contributed by atoms with Crippen molar-refractivity contribution in [2.24, 2.45) is 0 Å². The van der Waals surface area contributed by atoms with Crippen LogP contribution in [0.3, 0.4) is 0 Å². The third-order valence-electron chi connectivity index (χ3n) is 3.03. The fraction of sp³-hybridized carbons (Fsp3) is 0.308. The first-order chi connectivity index (χ1) is 10.0. The molecule has 0 bridgehead atoms. The van der Waals surface area contributed by atoms with Crippen LogP contribution in [-0.2, 0) is 11.3 Å². The van der Waals surface area contributed by atoms with E-state index in [4.69, 9.17) is 0 Å². The summed E-state index contributed by atoms with van der Waals surface area (Å²) in [5.41, 5.74) is 0.411. The molecule has 0 saturated heterocycles. The lowest BCUT2D eigenvalue weighted by Crippen LogP contribution is -2.30. The molecule has 0 aliphatic rings. The average Bonchev–Trinajstić information content (AvgIpc) is 2.91. The molecular formula is C13H15N5O3. The van der Waals surface area contributed by atoms with Crippen LogP contribution < -0.4 is 0 Å². The first-order valence-electron chi connectivity index (χ1n) is 6.36. The first kappa shape index (κ1) is 14.6. The number of likely N-dealkylation sites (N-methyl/N-ethyl adjacent to an activating group) is 1. The van der Waals surface area contributed by atoms with Crippen LogP contribution in [0.25, 0.3) is 11.4 Å². The van der Waals surface area contributed by atoms with Crippen LogP contribution in [0, 0.1) is 0 Å². The Hall–Kier alpha value is -2.77. The molecular weight excluding hydrogens is 274 g/mol. The Labute approximate surface area is 121 Å². The number of pyridine rings is 1. The lowest BCUT2D eigenvalue weighted by atomic mass is 10.2. The van der Waals surface area contributed by atoms with Crippen molar-refractivity contribution < 1.29 is 14.7 Å². The summed E-state index contributed by atoms with van der Waals surface area (Å²) in [5.74, 6) is -1.39. The van der Waals surface area contributed by atoms with E-state index in [0.29, 0.717) is 12.2 Å². The standard InChI is InChI=1S/C13H15N5O3/c1-3-17(2)10(19)8-18-12(9-6-4-5-7-14-9)11(13(20)21)15-16-18/h4-7H,3,8H2,1-2H3,(H,20,21). The average molecular weight is 289 g/mol. The second-order valence-corrected chi connectivity index (χ2v) is 4.37. The van der Waals surface area contributed by atoms with Gasteiger partial charge in [-0.15, -0.1) is 5.10 Å². The van der Waals surface area contributed by atoms with Gasteiger partial charge in [-0.25, -0.2) is 9.48 Å². The highest BCUT2D eigenvalue weighted by atomic mass is 16.4. The number of amides is 1. The van der Waals surface area contributed by atoms with E-state index < -0.39 is 5.97 Å². The number of hydrogen-bond donors (Lipinski definition) is 1. The van der Waals surface area contributed by atoms with Crippen LogP contribution in [0.15, 0.2) is 24.4 Å². The fourth-order valence-electron chi connectivity index (χ4n) is 1.75. The van der Waals surface area contributed by atoms with Crippen LogP contribution in [0.2, 0.25) is 0 Å². The summed E-state index contributed by atoms with van der Waals surface area (Å²) >= 11 is 0. The van der Waals surface area contributed by atoms with E-state index in [0.717, 1.165) is 0 Å². The van der Waals surface area contributed by atoms with Crippen molar-refractivity contribution >= 4 is 11.9 Å². The topological polar surface area (TPSA) is 101 Å². The number of aromatic carboxylic acids is 1. The van der Waals surface area contributed by atoms with Gasteiger partial charge in [0.1, 0.15) is 12.2 Å². The Balaban J connectivity index is 2.43. The summed E-state index contributed by atoms with van der Waals surface area (Å²) in [4.78, 5) is 28.8. The van der Waals surface area contributed by atoms with Gasteiger partial charge in [-0.3, -0.25) is 9.78 Å². The maximum absolute atomic E-state index is 12.0. The molecule has 0 unspecified atom stereocenters. The Morgan fingerprint density at radius 1 is 1.38 bits per heavy atom. The van der Waals surface area contributed by atoms with E-state index in [-0.39, 0.29) is 23.8 Å². The zero-order chi connectivity index (χ0) is 15.4. The predicted octanol–water partition coefficient (Wildman–Crippen LogP) is 0.517. The third-order valence-corrected chi connectivity index (χ3v) is 3.03. The number of carboxylic acids is 1. The minimum Gasteiger partial charge on any atom is -0.476 e. The van der Waals surface area contributed by atoms with Gasteiger partial charge in [-0.2, -0.15) is 0 Å². The maximum atomic E-state index is 12.0. The molecule has 110 valence electrons. The second kappa shape index (κ2) is 6.12. The van der Waals surface area contributed by atoms with E-state index in [2.05, 4.69) is 15.3 Å². The fourth-order valence-corrected chi connectivity index (χ4v) is 1.75. The minimum atomic E-state index is -1.21. The van der Waals surface area contributed by atoms with E-state index in [1.165, 1.54) is 15.8 Å². The van der Waals surface area contributed by atoms with Crippen LogP contribution in [0.4, 0.5) is 0 Å². The molecule has 0 aliphatic heterocycles. The summed E-state index contributed by atoms with van der Waals surface area (Å²) in [6, 6.07) is 5.09.